The molecule has 0 aliphatic carbocycles. The summed E-state index contributed by atoms with van der Waals surface area (Å²) in [5, 5.41) is 13.0. The van der Waals surface area contributed by atoms with Crippen molar-refractivity contribution in [3.05, 3.63) is 82.5 Å². The summed E-state index contributed by atoms with van der Waals surface area (Å²) in [5.41, 5.74) is 2.36. The second-order valence-electron chi connectivity index (χ2n) is 6.53. The Morgan fingerprint density at radius 1 is 1.10 bits per heavy atom. The number of carboxylic acids is 1. The Morgan fingerprint density at radius 3 is 2.67 bits per heavy atom. The fraction of sp³-hybridized carbons (Fsp3) is 0.0909. The van der Waals surface area contributed by atoms with Crippen molar-refractivity contribution in [2.24, 2.45) is 0 Å². The van der Waals surface area contributed by atoms with E-state index < -0.39 is 11.9 Å². The molecule has 0 aliphatic rings. The van der Waals surface area contributed by atoms with Gasteiger partial charge in [0, 0.05) is 5.69 Å². The van der Waals surface area contributed by atoms with Crippen LogP contribution >= 0.6 is 11.3 Å². The third kappa shape index (κ3) is 3.99. The molecule has 150 valence electrons. The maximum absolute atomic E-state index is 12.7. The number of hydrogen-bond donors (Lipinski definition) is 2. The van der Waals surface area contributed by atoms with Gasteiger partial charge in [-0.05, 0) is 36.2 Å². The quantitative estimate of drug-likeness (QED) is 0.433. The first-order chi connectivity index (χ1) is 14.5. The zero-order valence-corrected chi connectivity index (χ0v) is 16.8. The van der Waals surface area contributed by atoms with Crippen molar-refractivity contribution in [2.75, 3.05) is 5.32 Å². The SMILES string of the molecule is Cc1c(C(=O)OCc2ccccc2)sc2ncnc(Nc3cccc(C(=O)O)c3)c12. The molecule has 4 aromatic rings. The fourth-order valence-electron chi connectivity index (χ4n) is 3.02. The summed E-state index contributed by atoms with van der Waals surface area (Å²) in [4.78, 5) is 33.5. The summed E-state index contributed by atoms with van der Waals surface area (Å²) in [6.45, 7) is 2.01. The van der Waals surface area contributed by atoms with Crippen LogP contribution in [0.15, 0.2) is 60.9 Å². The van der Waals surface area contributed by atoms with Crippen LogP contribution in [0.1, 0.15) is 31.2 Å². The van der Waals surface area contributed by atoms with Crippen LogP contribution in [0.4, 0.5) is 11.5 Å². The van der Waals surface area contributed by atoms with E-state index in [2.05, 4.69) is 15.3 Å². The number of carbonyl (C=O) groups excluding carboxylic acids is 1. The minimum Gasteiger partial charge on any atom is -0.478 e. The van der Waals surface area contributed by atoms with Gasteiger partial charge in [0.2, 0.25) is 0 Å². The minimum absolute atomic E-state index is 0.164. The third-order valence-corrected chi connectivity index (χ3v) is 5.68. The Labute approximate surface area is 176 Å². The molecule has 30 heavy (non-hydrogen) atoms. The normalized spacial score (nSPS) is 10.7. The number of ether oxygens (including phenoxy) is 1. The molecule has 0 spiro atoms. The van der Waals surface area contributed by atoms with Crippen molar-refractivity contribution >= 4 is 45.0 Å². The smallest absolute Gasteiger partial charge is 0.349 e. The number of esters is 1. The van der Waals surface area contributed by atoms with E-state index in [1.807, 2.05) is 37.3 Å². The highest BCUT2D eigenvalue weighted by molar-refractivity contribution is 7.20. The minimum atomic E-state index is -1.01. The molecule has 8 heteroatoms. The van der Waals surface area contributed by atoms with Gasteiger partial charge in [-0.25, -0.2) is 19.6 Å². The molecule has 2 aromatic carbocycles. The molecule has 0 amide bonds. The lowest BCUT2D eigenvalue weighted by atomic mass is 10.1. The van der Waals surface area contributed by atoms with Crippen LogP contribution in [0.3, 0.4) is 0 Å². The van der Waals surface area contributed by atoms with Gasteiger partial charge >= 0.3 is 11.9 Å². The highest BCUT2D eigenvalue weighted by Gasteiger charge is 2.20. The Balaban J connectivity index is 1.62. The van der Waals surface area contributed by atoms with Gasteiger partial charge in [-0.1, -0.05) is 36.4 Å². The standard InChI is InChI=1S/C22H17N3O4S/c1-13-17-19(25-16-9-5-8-15(10-16)21(26)27)23-12-24-20(17)30-18(13)22(28)29-11-14-6-3-2-4-7-14/h2-10,12H,11H2,1H3,(H,26,27)(H,23,24,25). The Hall–Kier alpha value is -3.78. The first-order valence-electron chi connectivity index (χ1n) is 9.08. The number of anilines is 2. The average Bonchev–Trinajstić information content (AvgIpc) is 3.10. The number of thiophene rings is 1. The number of hydrogen-bond acceptors (Lipinski definition) is 7. The summed E-state index contributed by atoms with van der Waals surface area (Å²) in [7, 11) is 0. The summed E-state index contributed by atoms with van der Waals surface area (Å²) in [5.74, 6) is -0.932. The largest absolute Gasteiger partial charge is 0.478 e. The van der Waals surface area contributed by atoms with Gasteiger partial charge in [-0.15, -0.1) is 11.3 Å². The first kappa shape index (κ1) is 19.5. The number of nitrogens with zero attached hydrogens (tertiary/aromatic N) is 2. The molecule has 2 aromatic heterocycles. The molecular weight excluding hydrogens is 402 g/mol. The van der Waals surface area contributed by atoms with Crippen LogP contribution in [0.5, 0.6) is 0 Å². The number of rotatable bonds is 6. The summed E-state index contributed by atoms with van der Waals surface area (Å²) < 4.78 is 5.46. The van der Waals surface area contributed by atoms with Crippen LogP contribution in [0.25, 0.3) is 10.2 Å². The maximum atomic E-state index is 12.7. The molecule has 0 bridgehead atoms. The van der Waals surface area contributed by atoms with E-state index in [9.17, 15) is 14.7 Å². The van der Waals surface area contributed by atoms with E-state index in [0.29, 0.717) is 32.2 Å². The zero-order chi connectivity index (χ0) is 21.1. The molecule has 7 nitrogen and oxygen atoms in total. The molecule has 0 fully saturated rings. The van der Waals surface area contributed by atoms with Crippen molar-refractivity contribution in [1.29, 1.82) is 0 Å². The molecule has 0 radical (unpaired) electrons. The number of nitrogens with one attached hydrogen (secondary N) is 1. The second-order valence-corrected chi connectivity index (χ2v) is 7.53. The average molecular weight is 419 g/mol. The van der Waals surface area contributed by atoms with Gasteiger partial charge in [0.05, 0.1) is 10.9 Å². The predicted octanol–water partition coefficient (Wildman–Crippen LogP) is 4.80. The lowest BCUT2D eigenvalue weighted by Crippen LogP contribution is -2.04. The molecule has 0 saturated heterocycles. The lowest BCUT2D eigenvalue weighted by molar-refractivity contribution is 0.0477. The highest BCUT2D eigenvalue weighted by Crippen LogP contribution is 2.35. The van der Waals surface area contributed by atoms with Crippen LogP contribution in [0.2, 0.25) is 0 Å². The second kappa shape index (κ2) is 8.30. The molecular formula is C22H17N3O4S. The van der Waals surface area contributed by atoms with Crippen molar-refractivity contribution in [2.45, 2.75) is 13.5 Å². The van der Waals surface area contributed by atoms with E-state index >= 15 is 0 Å². The van der Waals surface area contributed by atoms with Crippen LogP contribution < -0.4 is 5.32 Å². The third-order valence-electron chi connectivity index (χ3n) is 4.50. The molecule has 0 atom stereocenters. The van der Waals surface area contributed by atoms with Gasteiger partial charge in [-0.3, -0.25) is 0 Å². The van der Waals surface area contributed by atoms with Gasteiger partial charge in [-0.2, -0.15) is 0 Å². The maximum Gasteiger partial charge on any atom is 0.349 e. The van der Waals surface area contributed by atoms with Crippen LogP contribution in [0, 0.1) is 6.92 Å². The number of benzene rings is 2. The van der Waals surface area contributed by atoms with Gasteiger partial charge in [0.1, 0.15) is 28.5 Å². The van der Waals surface area contributed by atoms with Crippen molar-refractivity contribution in [3.8, 4) is 0 Å². The van der Waals surface area contributed by atoms with Crippen LogP contribution in [-0.4, -0.2) is 27.0 Å². The highest BCUT2D eigenvalue weighted by atomic mass is 32.1. The van der Waals surface area contributed by atoms with Crippen molar-refractivity contribution in [3.63, 3.8) is 0 Å². The van der Waals surface area contributed by atoms with E-state index in [-0.39, 0.29) is 12.2 Å². The van der Waals surface area contributed by atoms with Gasteiger partial charge < -0.3 is 15.2 Å². The number of aromatic carboxylic acids is 1. The fourth-order valence-corrected chi connectivity index (χ4v) is 4.06. The molecule has 0 unspecified atom stereocenters. The van der Waals surface area contributed by atoms with Crippen molar-refractivity contribution < 1.29 is 19.4 Å². The predicted molar refractivity (Wildman–Crippen MR) is 114 cm³/mol. The summed E-state index contributed by atoms with van der Waals surface area (Å²) >= 11 is 1.24. The molecule has 2 N–H and O–H groups in total. The molecule has 0 aliphatic heterocycles. The summed E-state index contributed by atoms with van der Waals surface area (Å²) in [6.07, 6.45) is 1.40. The zero-order valence-electron chi connectivity index (χ0n) is 16.0. The Morgan fingerprint density at radius 2 is 1.90 bits per heavy atom. The van der Waals surface area contributed by atoms with E-state index in [1.165, 1.54) is 29.8 Å². The number of carbonyl (C=O) groups is 2. The molecule has 2 heterocycles. The number of fused-ring (bicyclic) bond motifs is 1. The monoisotopic (exact) mass is 419 g/mol. The van der Waals surface area contributed by atoms with Gasteiger partial charge in [0.25, 0.3) is 0 Å². The Bertz CT molecular complexity index is 1240. The van der Waals surface area contributed by atoms with Gasteiger partial charge in [0.15, 0.2) is 0 Å². The van der Waals surface area contributed by atoms with E-state index in [1.54, 1.807) is 12.1 Å². The van der Waals surface area contributed by atoms with E-state index in [4.69, 9.17) is 4.74 Å². The van der Waals surface area contributed by atoms with Crippen molar-refractivity contribution in [1.82, 2.24) is 9.97 Å². The molecule has 4 rings (SSSR count). The number of aromatic nitrogens is 2. The number of aryl methyl sites for hydroxylation is 1. The number of carboxylic acid groups (broad SMARTS) is 1. The summed E-state index contributed by atoms with van der Waals surface area (Å²) in [6, 6.07) is 15.9. The Kier molecular flexibility index (Phi) is 5.40. The van der Waals surface area contributed by atoms with E-state index in [0.717, 1.165) is 5.56 Å². The van der Waals surface area contributed by atoms with Crippen LogP contribution in [-0.2, 0) is 11.3 Å². The topological polar surface area (TPSA) is 101 Å². The lowest BCUT2D eigenvalue weighted by Gasteiger charge is -2.08. The first-order valence-corrected chi connectivity index (χ1v) is 9.90. The molecule has 0 saturated carbocycles.